The Morgan fingerprint density at radius 2 is 1.73 bits per heavy atom. The van der Waals surface area contributed by atoms with Crippen LogP contribution in [0.1, 0.15) is 38.7 Å². The normalized spacial score (nSPS) is 15.9. The second-order valence-electron chi connectivity index (χ2n) is 7.51. The van der Waals surface area contributed by atoms with Crippen LogP contribution in [0.2, 0.25) is 0 Å². The quantitative estimate of drug-likeness (QED) is 0.636. The summed E-state index contributed by atoms with van der Waals surface area (Å²) >= 11 is 0. The van der Waals surface area contributed by atoms with E-state index in [4.69, 9.17) is 9.47 Å². The fourth-order valence-corrected chi connectivity index (χ4v) is 3.39. The molecule has 0 saturated carbocycles. The van der Waals surface area contributed by atoms with Crippen LogP contribution >= 0.6 is 0 Å². The molecule has 30 heavy (non-hydrogen) atoms. The van der Waals surface area contributed by atoms with Gasteiger partial charge in [-0.1, -0.05) is 44.2 Å². The highest BCUT2D eigenvalue weighted by molar-refractivity contribution is 5.97. The van der Waals surface area contributed by atoms with E-state index >= 15 is 0 Å². The number of benzene rings is 2. The van der Waals surface area contributed by atoms with E-state index in [2.05, 4.69) is 5.32 Å². The highest BCUT2D eigenvalue weighted by Gasteiger charge is 2.34. The molecule has 0 bridgehead atoms. The molecule has 2 amide bonds. The molecule has 1 unspecified atom stereocenters. The lowest BCUT2D eigenvalue weighted by molar-refractivity contribution is -0.128. The summed E-state index contributed by atoms with van der Waals surface area (Å²) in [6, 6.07) is 15.2. The smallest absolute Gasteiger partial charge is 0.229 e. The van der Waals surface area contributed by atoms with Crippen molar-refractivity contribution in [2.45, 2.75) is 39.7 Å². The lowest BCUT2D eigenvalue weighted by atomic mass is 10.1. The third kappa shape index (κ3) is 5.75. The molecular formula is C24H30N2O4. The SMILES string of the molecule is CCCOc1ccc(NC(=O)C2CC(=O)N(Cc3ccccc3)C2)cc1OCCC. The summed E-state index contributed by atoms with van der Waals surface area (Å²) in [7, 11) is 0. The Kier molecular flexibility index (Phi) is 7.71. The Morgan fingerprint density at radius 1 is 1.03 bits per heavy atom. The van der Waals surface area contributed by atoms with Crippen LogP contribution in [0, 0.1) is 5.92 Å². The molecule has 1 heterocycles. The van der Waals surface area contributed by atoms with E-state index in [-0.39, 0.29) is 24.2 Å². The van der Waals surface area contributed by atoms with E-state index in [1.54, 1.807) is 17.0 Å². The Bertz CT molecular complexity index is 854. The van der Waals surface area contributed by atoms with Crippen LogP contribution in [0.4, 0.5) is 5.69 Å². The number of carbonyl (C=O) groups is 2. The second-order valence-corrected chi connectivity index (χ2v) is 7.51. The first-order chi connectivity index (χ1) is 14.6. The molecule has 1 aliphatic heterocycles. The van der Waals surface area contributed by atoms with Crippen molar-refractivity contribution in [3.05, 3.63) is 54.1 Å². The fraction of sp³-hybridized carbons (Fsp3) is 0.417. The van der Waals surface area contributed by atoms with Gasteiger partial charge in [0, 0.05) is 31.3 Å². The largest absolute Gasteiger partial charge is 0.490 e. The minimum Gasteiger partial charge on any atom is -0.490 e. The van der Waals surface area contributed by atoms with Gasteiger partial charge in [-0.15, -0.1) is 0 Å². The molecule has 2 aromatic rings. The number of hydrogen-bond donors (Lipinski definition) is 1. The Balaban J connectivity index is 1.62. The van der Waals surface area contributed by atoms with Crippen molar-refractivity contribution < 1.29 is 19.1 Å². The van der Waals surface area contributed by atoms with Crippen molar-refractivity contribution in [1.82, 2.24) is 4.90 Å². The summed E-state index contributed by atoms with van der Waals surface area (Å²) in [5.74, 6) is 0.791. The molecular weight excluding hydrogens is 380 g/mol. The van der Waals surface area contributed by atoms with Crippen LogP contribution in [0.25, 0.3) is 0 Å². The number of nitrogens with zero attached hydrogens (tertiary/aromatic N) is 1. The molecule has 0 aliphatic carbocycles. The maximum atomic E-state index is 12.8. The number of rotatable bonds is 10. The van der Waals surface area contributed by atoms with Gasteiger partial charge >= 0.3 is 0 Å². The maximum Gasteiger partial charge on any atom is 0.229 e. The van der Waals surface area contributed by atoms with Crippen LogP contribution in [0.3, 0.4) is 0 Å². The van der Waals surface area contributed by atoms with Crippen molar-refractivity contribution in [2.24, 2.45) is 5.92 Å². The molecule has 6 nitrogen and oxygen atoms in total. The number of carbonyl (C=O) groups excluding carboxylic acids is 2. The molecule has 1 aliphatic rings. The van der Waals surface area contributed by atoms with Crippen molar-refractivity contribution in [3.63, 3.8) is 0 Å². The van der Waals surface area contributed by atoms with Crippen molar-refractivity contribution in [3.8, 4) is 11.5 Å². The van der Waals surface area contributed by atoms with Gasteiger partial charge in [0.15, 0.2) is 11.5 Å². The second kappa shape index (κ2) is 10.7. The van der Waals surface area contributed by atoms with Gasteiger partial charge in [0.2, 0.25) is 11.8 Å². The van der Waals surface area contributed by atoms with Gasteiger partial charge < -0.3 is 19.7 Å². The highest BCUT2D eigenvalue weighted by atomic mass is 16.5. The summed E-state index contributed by atoms with van der Waals surface area (Å²) in [5, 5.41) is 2.94. The van der Waals surface area contributed by atoms with Crippen LogP contribution in [-0.4, -0.2) is 36.5 Å². The molecule has 1 atom stereocenters. The zero-order valence-corrected chi connectivity index (χ0v) is 17.7. The third-order valence-electron chi connectivity index (χ3n) is 4.94. The predicted octanol–water partition coefficient (Wildman–Crippen LogP) is 4.25. The topological polar surface area (TPSA) is 67.9 Å². The number of hydrogen-bond acceptors (Lipinski definition) is 4. The molecule has 1 N–H and O–H groups in total. The first kappa shape index (κ1) is 21.7. The van der Waals surface area contributed by atoms with Crippen LogP contribution < -0.4 is 14.8 Å². The van der Waals surface area contributed by atoms with E-state index in [0.717, 1.165) is 18.4 Å². The van der Waals surface area contributed by atoms with Gasteiger partial charge in [-0.05, 0) is 30.5 Å². The molecule has 1 saturated heterocycles. The molecule has 160 valence electrons. The average molecular weight is 411 g/mol. The summed E-state index contributed by atoms with van der Waals surface area (Å²) in [6.07, 6.45) is 2.02. The first-order valence-corrected chi connectivity index (χ1v) is 10.6. The first-order valence-electron chi connectivity index (χ1n) is 10.6. The molecule has 2 aromatic carbocycles. The van der Waals surface area contributed by atoms with E-state index in [1.165, 1.54) is 0 Å². The summed E-state index contributed by atoms with van der Waals surface area (Å²) in [6.45, 7) is 6.22. The van der Waals surface area contributed by atoms with E-state index in [0.29, 0.717) is 43.5 Å². The average Bonchev–Trinajstić information content (AvgIpc) is 3.12. The summed E-state index contributed by atoms with van der Waals surface area (Å²) in [5.41, 5.74) is 1.70. The molecule has 1 fully saturated rings. The summed E-state index contributed by atoms with van der Waals surface area (Å²) in [4.78, 5) is 26.9. The molecule has 0 spiro atoms. The highest BCUT2D eigenvalue weighted by Crippen LogP contribution is 2.31. The number of amides is 2. The minimum atomic E-state index is -0.364. The van der Waals surface area contributed by atoms with Gasteiger partial charge in [0.25, 0.3) is 0 Å². The number of ether oxygens (including phenoxy) is 2. The predicted molar refractivity (Wildman–Crippen MR) is 117 cm³/mol. The van der Waals surface area contributed by atoms with Gasteiger partial charge in [0.05, 0.1) is 19.1 Å². The Morgan fingerprint density at radius 3 is 2.43 bits per heavy atom. The van der Waals surface area contributed by atoms with Crippen LogP contribution in [0.5, 0.6) is 11.5 Å². The van der Waals surface area contributed by atoms with Gasteiger partial charge in [-0.2, -0.15) is 0 Å². The molecule has 0 radical (unpaired) electrons. The van der Waals surface area contributed by atoms with Crippen molar-refractivity contribution in [2.75, 3.05) is 25.1 Å². The van der Waals surface area contributed by atoms with Gasteiger partial charge in [-0.25, -0.2) is 0 Å². The molecule has 0 aromatic heterocycles. The van der Waals surface area contributed by atoms with Crippen molar-refractivity contribution in [1.29, 1.82) is 0 Å². The van der Waals surface area contributed by atoms with E-state index in [9.17, 15) is 9.59 Å². The Labute approximate surface area is 178 Å². The van der Waals surface area contributed by atoms with Crippen LogP contribution in [-0.2, 0) is 16.1 Å². The number of likely N-dealkylation sites (tertiary alicyclic amines) is 1. The summed E-state index contributed by atoms with van der Waals surface area (Å²) < 4.78 is 11.5. The third-order valence-corrected chi connectivity index (χ3v) is 4.94. The van der Waals surface area contributed by atoms with Gasteiger partial charge in [0.1, 0.15) is 0 Å². The Hall–Kier alpha value is -3.02. The zero-order chi connectivity index (χ0) is 21.3. The van der Waals surface area contributed by atoms with Gasteiger partial charge in [-0.3, -0.25) is 9.59 Å². The van der Waals surface area contributed by atoms with E-state index in [1.807, 2.05) is 50.2 Å². The maximum absolute atomic E-state index is 12.8. The number of nitrogens with one attached hydrogen (secondary N) is 1. The van der Waals surface area contributed by atoms with E-state index < -0.39 is 0 Å². The molecule has 6 heteroatoms. The lowest BCUT2D eigenvalue weighted by Gasteiger charge is -2.17. The van der Waals surface area contributed by atoms with Crippen molar-refractivity contribution >= 4 is 17.5 Å². The lowest BCUT2D eigenvalue weighted by Crippen LogP contribution is -2.28. The monoisotopic (exact) mass is 410 g/mol. The number of anilines is 1. The zero-order valence-electron chi connectivity index (χ0n) is 17.7. The fourth-order valence-electron chi connectivity index (χ4n) is 3.39. The minimum absolute atomic E-state index is 0.00860. The molecule has 3 rings (SSSR count). The van der Waals surface area contributed by atoms with Crippen LogP contribution in [0.15, 0.2) is 48.5 Å². The standard InChI is InChI=1S/C24H30N2O4/c1-3-12-29-21-11-10-20(15-22(21)30-13-4-2)25-24(28)19-14-23(27)26(17-19)16-18-8-6-5-7-9-18/h5-11,15,19H,3-4,12-14,16-17H2,1-2H3,(H,25,28).